The Labute approximate surface area is 81.9 Å². The van der Waals surface area contributed by atoms with Crippen LogP contribution in [0, 0.1) is 5.92 Å². The van der Waals surface area contributed by atoms with Gasteiger partial charge in [0.15, 0.2) is 0 Å². The van der Waals surface area contributed by atoms with Gasteiger partial charge in [-0.2, -0.15) is 0 Å². The first-order chi connectivity index (χ1) is 6.25. The van der Waals surface area contributed by atoms with Gasteiger partial charge in [0, 0.05) is 16.6 Å². The van der Waals surface area contributed by atoms with Crippen LogP contribution in [-0.4, -0.2) is 5.91 Å². The van der Waals surface area contributed by atoms with E-state index in [1.54, 1.807) is 12.1 Å². The molecule has 2 nitrogen and oxygen atoms in total. The number of amides is 1. The van der Waals surface area contributed by atoms with Crippen LogP contribution in [0.15, 0.2) is 24.3 Å². The predicted molar refractivity (Wildman–Crippen MR) is 52.8 cm³/mol. The van der Waals surface area contributed by atoms with Gasteiger partial charge in [-0.1, -0.05) is 17.7 Å². The molecule has 0 saturated heterocycles. The fourth-order valence-electron chi connectivity index (χ4n) is 1.16. The molecule has 3 heteroatoms. The first kappa shape index (κ1) is 8.57. The van der Waals surface area contributed by atoms with Gasteiger partial charge in [-0.25, -0.2) is 0 Å². The third kappa shape index (κ3) is 2.22. The molecule has 1 aromatic rings. The van der Waals surface area contributed by atoms with Crippen molar-refractivity contribution < 1.29 is 4.79 Å². The van der Waals surface area contributed by atoms with Crippen molar-refractivity contribution in [2.75, 3.05) is 5.32 Å². The van der Waals surface area contributed by atoms with Gasteiger partial charge >= 0.3 is 0 Å². The molecule has 1 aromatic carbocycles. The average molecular weight is 196 g/mol. The lowest BCUT2D eigenvalue weighted by Gasteiger charge is -2.03. The maximum atomic E-state index is 11.3. The lowest BCUT2D eigenvalue weighted by molar-refractivity contribution is -0.117. The van der Waals surface area contributed by atoms with E-state index in [2.05, 4.69) is 5.32 Å². The molecular weight excluding hydrogens is 186 g/mol. The number of rotatable bonds is 2. The van der Waals surface area contributed by atoms with Crippen LogP contribution in [0.4, 0.5) is 5.69 Å². The molecule has 0 atom stereocenters. The van der Waals surface area contributed by atoms with Gasteiger partial charge in [0.25, 0.3) is 0 Å². The first-order valence-corrected chi connectivity index (χ1v) is 4.70. The monoisotopic (exact) mass is 195 g/mol. The summed E-state index contributed by atoms with van der Waals surface area (Å²) in [5, 5.41) is 3.47. The van der Waals surface area contributed by atoms with Crippen molar-refractivity contribution in [3.8, 4) is 0 Å². The van der Waals surface area contributed by atoms with Crippen LogP contribution in [0.2, 0.25) is 5.02 Å². The van der Waals surface area contributed by atoms with E-state index in [1.807, 2.05) is 12.1 Å². The highest BCUT2D eigenvalue weighted by Gasteiger charge is 2.29. The zero-order chi connectivity index (χ0) is 9.26. The molecular formula is C10H10ClNO. The van der Waals surface area contributed by atoms with Gasteiger partial charge in [-0.05, 0) is 31.0 Å². The van der Waals surface area contributed by atoms with Crippen LogP contribution in [0.5, 0.6) is 0 Å². The summed E-state index contributed by atoms with van der Waals surface area (Å²) in [5.41, 5.74) is 0.782. The molecule has 2 rings (SSSR count). The second kappa shape index (κ2) is 3.38. The Kier molecular flexibility index (Phi) is 2.23. The minimum atomic E-state index is 0.113. The lowest BCUT2D eigenvalue weighted by atomic mass is 10.3. The third-order valence-electron chi connectivity index (χ3n) is 2.04. The molecule has 0 aromatic heterocycles. The molecule has 0 radical (unpaired) electrons. The number of benzene rings is 1. The summed E-state index contributed by atoms with van der Waals surface area (Å²) in [6.45, 7) is 0. The van der Waals surface area contributed by atoms with Crippen molar-refractivity contribution in [2.24, 2.45) is 5.92 Å². The van der Waals surface area contributed by atoms with Gasteiger partial charge in [0.1, 0.15) is 0 Å². The highest BCUT2D eigenvalue weighted by atomic mass is 35.5. The zero-order valence-corrected chi connectivity index (χ0v) is 7.84. The lowest BCUT2D eigenvalue weighted by Crippen LogP contribution is -2.12. The summed E-state index contributed by atoms with van der Waals surface area (Å²) in [6.07, 6.45) is 2.04. The number of nitrogens with one attached hydrogen (secondary N) is 1. The zero-order valence-electron chi connectivity index (χ0n) is 7.09. The molecule has 68 valence electrons. The SMILES string of the molecule is O=C(Nc1cccc(Cl)c1)C1CC1. The van der Waals surface area contributed by atoms with Crippen molar-refractivity contribution >= 4 is 23.2 Å². The Morgan fingerprint density at radius 1 is 1.46 bits per heavy atom. The van der Waals surface area contributed by atoms with E-state index < -0.39 is 0 Å². The number of carbonyl (C=O) groups is 1. The van der Waals surface area contributed by atoms with E-state index in [1.165, 1.54) is 0 Å². The van der Waals surface area contributed by atoms with Gasteiger partial charge in [0.05, 0.1) is 0 Å². The first-order valence-electron chi connectivity index (χ1n) is 4.32. The fraction of sp³-hybridized carbons (Fsp3) is 0.300. The maximum absolute atomic E-state index is 11.3. The smallest absolute Gasteiger partial charge is 0.227 e. The van der Waals surface area contributed by atoms with Crippen LogP contribution in [0.3, 0.4) is 0 Å². The van der Waals surface area contributed by atoms with E-state index in [0.29, 0.717) is 5.02 Å². The van der Waals surface area contributed by atoms with Gasteiger partial charge in [0.2, 0.25) is 5.91 Å². The molecule has 1 aliphatic carbocycles. The van der Waals surface area contributed by atoms with Crippen LogP contribution in [-0.2, 0) is 4.79 Å². The van der Waals surface area contributed by atoms with Crippen LogP contribution >= 0.6 is 11.6 Å². The van der Waals surface area contributed by atoms with Gasteiger partial charge < -0.3 is 5.32 Å². The van der Waals surface area contributed by atoms with Gasteiger partial charge in [-0.3, -0.25) is 4.79 Å². The number of anilines is 1. The Morgan fingerprint density at radius 3 is 2.85 bits per heavy atom. The van der Waals surface area contributed by atoms with E-state index in [4.69, 9.17) is 11.6 Å². The second-order valence-corrected chi connectivity index (χ2v) is 3.71. The topological polar surface area (TPSA) is 29.1 Å². The largest absolute Gasteiger partial charge is 0.326 e. The number of halogens is 1. The molecule has 0 unspecified atom stereocenters. The van der Waals surface area contributed by atoms with Crippen molar-refractivity contribution in [3.05, 3.63) is 29.3 Å². The van der Waals surface area contributed by atoms with E-state index in [0.717, 1.165) is 18.5 Å². The summed E-state index contributed by atoms with van der Waals surface area (Å²) >= 11 is 5.77. The molecule has 1 aliphatic rings. The predicted octanol–water partition coefficient (Wildman–Crippen LogP) is 2.69. The fourth-order valence-corrected chi connectivity index (χ4v) is 1.35. The Morgan fingerprint density at radius 2 is 2.23 bits per heavy atom. The summed E-state index contributed by atoms with van der Waals surface area (Å²) in [5.74, 6) is 0.348. The molecule has 1 N–H and O–H groups in total. The molecule has 1 fully saturated rings. The number of hydrogen-bond acceptors (Lipinski definition) is 1. The van der Waals surface area contributed by atoms with Gasteiger partial charge in [-0.15, -0.1) is 0 Å². The number of carbonyl (C=O) groups excluding carboxylic acids is 1. The Bertz CT molecular complexity index is 333. The molecule has 0 aliphatic heterocycles. The minimum Gasteiger partial charge on any atom is -0.326 e. The molecule has 13 heavy (non-hydrogen) atoms. The summed E-state index contributed by atoms with van der Waals surface area (Å²) in [7, 11) is 0. The summed E-state index contributed by atoms with van der Waals surface area (Å²) in [4.78, 5) is 11.3. The standard InChI is InChI=1S/C10H10ClNO/c11-8-2-1-3-9(6-8)12-10(13)7-4-5-7/h1-3,6-7H,4-5H2,(H,12,13). The van der Waals surface area contributed by atoms with E-state index in [-0.39, 0.29) is 11.8 Å². The molecule has 0 bridgehead atoms. The molecule has 0 spiro atoms. The van der Waals surface area contributed by atoms with Crippen molar-refractivity contribution in [1.82, 2.24) is 0 Å². The minimum absolute atomic E-state index is 0.113. The van der Waals surface area contributed by atoms with Crippen molar-refractivity contribution in [1.29, 1.82) is 0 Å². The molecule has 0 heterocycles. The number of hydrogen-bond donors (Lipinski definition) is 1. The van der Waals surface area contributed by atoms with Crippen molar-refractivity contribution in [3.63, 3.8) is 0 Å². The van der Waals surface area contributed by atoms with E-state index in [9.17, 15) is 4.79 Å². The second-order valence-electron chi connectivity index (χ2n) is 3.27. The van der Waals surface area contributed by atoms with Crippen LogP contribution < -0.4 is 5.32 Å². The highest BCUT2D eigenvalue weighted by Crippen LogP contribution is 2.30. The van der Waals surface area contributed by atoms with E-state index >= 15 is 0 Å². The Balaban J connectivity index is 2.04. The molecule has 1 amide bonds. The average Bonchev–Trinajstić information content (AvgIpc) is 2.85. The van der Waals surface area contributed by atoms with Crippen LogP contribution in [0.1, 0.15) is 12.8 Å². The maximum Gasteiger partial charge on any atom is 0.227 e. The quantitative estimate of drug-likeness (QED) is 0.773. The highest BCUT2D eigenvalue weighted by molar-refractivity contribution is 6.30. The summed E-state index contributed by atoms with van der Waals surface area (Å²) in [6, 6.07) is 7.20. The molecule has 1 saturated carbocycles. The van der Waals surface area contributed by atoms with Crippen LogP contribution in [0.25, 0.3) is 0 Å². The Hall–Kier alpha value is -1.02. The summed E-state index contributed by atoms with van der Waals surface area (Å²) < 4.78 is 0. The normalized spacial score (nSPS) is 15.5. The third-order valence-corrected chi connectivity index (χ3v) is 2.28. The van der Waals surface area contributed by atoms with Crippen molar-refractivity contribution in [2.45, 2.75) is 12.8 Å².